The van der Waals surface area contributed by atoms with E-state index in [9.17, 15) is 0 Å². The normalized spacial score (nSPS) is 10.5. The smallest absolute Gasteiger partial charge is 0.0208 e. The predicted molar refractivity (Wildman–Crippen MR) is 74.1 cm³/mol. The fourth-order valence-corrected chi connectivity index (χ4v) is 2.17. The summed E-state index contributed by atoms with van der Waals surface area (Å²) in [7, 11) is 1.99. The summed E-state index contributed by atoms with van der Waals surface area (Å²) in [4.78, 5) is 0. The van der Waals surface area contributed by atoms with E-state index in [2.05, 4.69) is 61.6 Å². The summed E-state index contributed by atoms with van der Waals surface area (Å²) in [6.07, 6.45) is 0. The molecule has 2 aromatic carbocycles. The maximum Gasteiger partial charge on any atom is 0.0208 e. The molecule has 0 saturated heterocycles. The van der Waals surface area contributed by atoms with Crippen LogP contribution in [-0.4, -0.2) is 7.05 Å². The Bertz CT molecular complexity index is 515. The highest BCUT2D eigenvalue weighted by Crippen LogP contribution is 2.28. The molecule has 0 radical (unpaired) electrons. The van der Waals surface area contributed by atoms with Crippen molar-refractivity contribution in [3.05, 3.63) is 59.2 Å². The molecule has 0 spiro atoms. The summed E-state index contributed by atoms with van der Waals surface area (Å²) in [5, 5.41) is 3.23. The van der Waals surface area contributed by atoms with Crippen LogP contribution in [0.5, 0.6) is 0 Å². The average molecular weight is 225 g/mol. The highest BCUT2D eigenvalue weighted by atomic mass is 14.8. The van der Waals surface area contributed by atoms with Crippen molar-refractivity contribution in [2.45, 2.75) is 20.4 Å². The van der Waals surface area contributed by atoms with Gasteiger partial charge in [0, 0.05) is 6.54 Å². The van der Waals surface area contributed by atoms with Gasteiger partial charge in [0.25, 0.3) is 0 Å². The molecule has 0 atom stereocenters. The first-order chi connectivity index (χ1) is 8.24. The van der Waals surface area contributed by atoms with Crippen molar-refractivity contribution in [1.82, 2.24) is 5.32 Å². The minimum Gasteiger partial charge on any atom is -0.316 e. The van der Waals surface area contributed by atoms with E-state index in [4.69, 9.17) is 0 Å². The van der Waals surface area contributed by atoms with Crippen molar-refractivity contribution in [1.29, 1.82) is 0 Å². The van der Waals surface area contributed by atoms with Crippen molar-refractivity contribution in [3.63, 3.8) is 0 Å². The lowest BCUT2D eigenvalue weighted by Gasteiger charge is -2.13. The van der Waals surface area contributed by atoms with Gasteiger partial charge < -0.3 is 5.32 Å². The van der Waals surface area contributed by atoms with Gasteiger partial charge in [-0.15, -0.1) is 0 Å². The molecule has 0 aliphatic carbocycles. The monoisotopic (exact) mass is 225 g/mol. The summed E-state index contributed by atoms with van der Waals surface area (Å²) in [5.74, 6) is 0. The van der Waals surface area contributed by atoms with Gasteiger partial charge in [0.15, 0.2) is 0 Å². The van der Waals surface area contributed by atoms with Crippen LogP contribution in [0.4, 0.5) is 0 Å². The van der Waals surface area contributed by atoms with Gasteiger partial charge in [-0.05, 0) is 48.7 Å². The molecule has 0 fully saturated rings. The van der Waals surface area contributed by atoms with E-state index in [-0.39, 0.29) is 0 Å². The second-order valence-corrected chi connectivity index (χ2v) is 4.43. The molecular formula is C16H19N. The molecule has 2 rings (SSSR count). The van der Waals surface area contributed by atoms with Crippen LogP contribution in [0.2, 0.25) is 0 Å². The molecule has 17 heavy (non-hydrogen) atoms. The Morgan fingerprint density at radius 1 is 0.882 bits per heavy atom. The minimum atomic E-state index is 0.906. The number of nitrogens with one attached hydrogen (secondary N) is 1. The van der Waals surface area contributed by atoms with Crippen molar-refractivity contribution >= 4 is 0 Å². The predicted octanol–water partition coefficient (Wildman–Crippen LogP) is 3.69. The number of rotatable bonds is 3. The first-order valence-corrected chi connectivity index (χ1v) is 6.03. The quantitative estimate of drug-likeness (QED) is 0.840. The summed E-state index contributed by atoms with van der Waals surface area (Å²) in [6.45, 7) is 5.27. The zero-order valence-electron chi connectivity index (χ0n) is 10.7. The van der Waals surface area contributed by atoms with E-state index in [1.54, 1.807) is 0 Å². The van der Waals surface area contributed by atoms with Crippen LogP contribution in [0.3, 0.4) is 0 Å². The molecule has 0 unspecified atom stereocenters. The van der Waals surface area contributed by atoms with E-state index in [0.29, 0.717) is 0 Å². The van der Waals surface area contributed by atoms with Crippen LogP contribution in [-0.2, 0) is 6.54 Å². The molecule has 1 N–H and O–H groups in total. The second kappa shape index (κ2) is 5.15. The Labute approximate surface area is 103 Å². The maximum absolute atomic E-state index is 3.23. The van der Waals surface area contributed by atoms with Crippen molar-refractivity contribution in [2.24, 2.45) is 0 Å². The molecule has 0 saturated carbocycles. The van der Waals surface area contributed by atoms with Gasteiger partial charge in [-0.2, -0.15) is 0 Å². The van der Waals surface area contributed by atoms with Crippen LogP contribution >= 0.6 is 0 Å². The lowest BCUT2D eigenvalue weighted by molar-refractivity contribution is 0.819. The summed E-state index contributed by atoms with van der Waals surface area (Å²) < 4.78 is 0. The number of benzene rings is 2. The maximum atomic E-state index is 3.23. The van der Waals surface area contributed by atoms with Crippen LogP contribution in [0.1, 0.15) is 16.7 Å². The molecule has 88 valence electrons. The second-order valence-electron chi connectivity index (χ2n) is 4.43. The van der Waals surface area contributed by atoms with Gasteiger partial charge in [0.2, 0.25) is 0 Å². The molecule has 0 aromatic heterocycles. The summed E-state index contributed by atoms with van der Waals surface area (Å²) in [5.41, 5.74) is 6.75. The van der Waals surface area contributed by atoms with Gasteiger partial charge in [0.1, 0.15) is 0 Å². The molecule has 1 heteroatoms. The van der Waals surface area contributed by atoms with E-state index < -0.39 is 0 Å². The summed E-state index contributed by atoms with van der Waals surface area (Å²) >= 11 is 0. The standard InChI is InChI=1S/C16H19N/c1-12-7-6-10-15(13(12)2)16-9-5-4-8-14(16)11-17-3/h4-10,17H,11H2,1-3H3. The first-order valence-electron chi connectivity index (χ1n) is 6.03. The van der Waals surface area contributed by atoms with Crippen molar-refractivity contribution in [3.8, 4) is 11.1 Å². The lowest BCUT2D eigenvalue weighted by atomic mass is 9.93. The molecular weight excluding hydrogens is 206 g/mol. The van der Waals surface area contributed by atoms with E-state index >= 15 is 0 Å². The molecule has 0 amide bonds. The SMILES string of the molecule is CNCc1ccccc1-c1cccc(C)c1C. The van der Waals surface area contributed by atoms with Gasteiger partial charge in [0.05, 0.1) is 0 Å². The third-order valence-electron chi connectivity index (χ3n) is 3.28. The Morgan fingerprint density at radius 3 is 2.35 bits per heavy atom. The fourth-order valence-electron chi connectivity index (χ4n) is 2.17. The summed E-state index contributed by atoms with van der Waals surface area (Å²) in [6, 6.07) is 15.1. The number of hydrogen-bond acceptors (Lipinski definition) is 1. The Kier molecular flexibility index (Phi) is 3.60. The van der Waals surface area contributed by atoms with Crippen LogP contribution < -0.4 is 5.32 Å². The van der Waals surface area contributed by atoms with E-state index in [0.717, 1.165) is 6.54 Å². The van der Waals surface area contributed by atoms with Gasteiger partial charge >= 0.3 is 0 Å². The Morgan fingerprint density at radius 2 is 1.59 bits per heavy atom. The molecule has 0 aliphatic heterocycles. The van der Waals surface area contributed by atoms with Crippen LogP contribution in [0.15, 0.2) is 42.5 Å². The van der Waals surface area contributed by atoms with E-state index in [1.165, 1.54) is 27.8 Å². The van der Waals surface area contributed by atoms with Crippen molar-refractivity contribution in [2.75, 3.05) is 7.05 Å². The molecule has 0 aliphatic rings. The van der Waals surface area contributed by atoms with Gasteiger partial charge in [-0.25, -0.2) is 0 Å². The van der Waals surface area contributed by atoms with Crippen LogP contribution in [0.25, 0.3) is 11.1 Å². The average Bonchev–Trinajstić information content (AvgIpc) is 2.34. The fraction of sp³-hybridized carbons (Fsp3) is 0.250. The van der Waals surface area contributed by atoms with Crippen molar-refractivity contribution < 1.29 is 0 Å². The number of hydrogen-bond donors (Lipinski definition) is 1. The molecule has 1 nitrogen and oxygen atoms in total. The third-order valence-corrected chi connectivity index (χ3v) is 3.28. The Hall–Kier alpha value is -1.60. The molecule has 0 bridgehead atoms. The lowest BCUT2D eigenvalue weighted by Crippen LogP contribution is -2.06. The minimum absolute atomic E-state index is 0.906. The first kappa shape index (κ1) is 11.9. The topological polar surface area (TPSA) is 12.0 Å². The Balaban J connectivity index is 2.56. The van der Waals surface area contributed by atoms with E-state index in [1.807, 2.05) is 7.05 Å². The van der Waals surface area contributed by atoms with Gasteiger partial charge in [-0.1, -0.05) is 42.5 Å². The molecule has 0 heterocycles. The zero-order valence-corrected chi connectivity index (χ0v) is 10.7. The third kappa shape index (κ3) is 2.40. The van der Waals surface area contributed by atoms with Gasteiger partial charge in [-0.3, -0.25) is 0 Å². The largest absolute Gasteiger partial charge is 0.316 e. The van der Waals surface area contributed by atoms with Crippen LogP contribution in [0, 0.1) is 13.8 Å². The highest BCUT2D eigenvalue weighted by molar-refractivity contribution is 5.71. The molecule has 2 aromatic rings. The zero-order chi connectivity index (χ0) is 12.3. The number of aryl methyl sites for hydroxylation is 1. The highest BCUT2D eigenvalue weighted by Gasteiger charge is 2.07.